The van der Waals surface area contributed by atoms with Crippen molar-refractivity contribution in [3.05, 3.63) is 126 Å². The Labute approximate surface area is 266 Å². The molecule has 0 bridgehead atoms. The van der Waals surface area contributed by atoms with Crippen molar-refractivity contribution < 1.29 is 22.7 Å². The molecule has 4 aromatic carbocycles. The second kappa shape index (κ2) is 15.4. The Morgan fingerprint density at radius 3 is 2.09 bits per heavy atom. The SMILES string of the molecule is COc1ccccc1N(CC(=O)N(Cc1cccc(C)c1)[C@H](Cc1ccccc1)C(=O)NCC(C)C)S(=O)(=O)c1ccccc1. The maximum absolute atomic E-state index is 14.6. The van der Waals surface area contributed by atoms with Crippen molar-refractivity contribution >= 4 is 27.5 Å². The number of nitrogens with one attached hydrogen (secondary N) is 1. The topological polar surface area (TPSA) is 96.0 Å². The van der Waals surface area contributed by atoms with Gasteiger partial charge in [-0.2, -0.15) is 0 Å². The summed E-state index contributed by atoms with van der Waals surface area (Å²) in [5.74, 6) is -0.333. The molecule has 0 fully saturated rings. The molecule has 0 aliphatic rings. The summed E-state index contributed by atoms with van der Waals surface area (Å²) in [6.07, 6.45) is 0.252. The van der Waals surface area contributed by atoms with E-state index in [1.54, 1.807) is 42.5 Å². The van der Waals surface area contributed by atoms with Gasteiger partial charge in [-0.25, -0.2) is 8.42 Å². The minimum atomic E-state index is -4.22. The van der Waals surface area contributed by atoms with Gasteiger partial charge in [0, 0.05) is 19.5 Å². The van der Waals surface area contributed by atoms with Gasteiger partial charge in [0.1, 0.15) is 18.3 Å². The van der Waals surface area contributed by atoms with Crippen LogP contribution >= 0.6 is 0 Å². The fourth-order valence-corrected chi connectivity index (χ4v) is 6.50. The van der Waals surface area contributed by atoms with E-state index >= 15 is 0 Å². The van der Waals surface area contributed by atoms with Gasteiger partial charge in [-0.05, 0) is 48.2 Å². The summed E-state index contributed by atoms with van der Waals surface area (Å²) in [6.45, 7) is 5.96. The number of anilines is 1. The molecule has 0 aromatic heterocycles. The van der Waals surface area contributed by atoms with Gasteiger partial charge in [-0.3, -0.25) is 13.9 Å². The first kappa shape index (κ1) is 33.3. The van der Waals surface area contributed by atoms with Crippen LogP contribution < -0.4 is 14.4 Å². The highest BCUT2D eigenvalue weighted by Gasteiger charge is 2.35. The number of carbonyl (C=O) groups is 2. The number of amides is 2. The summed E-state index contributed by atoms with van der Waals surface area (Å²) < 4.78 is 34.9. The Balaban J connectivity index is 1.82. The number of ether oxygens (including phenoxy) is 1. The number of aryl methyl sites for hydroxylation is 1. The van der Waals surface area contributed by atoms with Crippen LogP contribution in [0.3, 0.4) is 0 Å². The normalized spacial score (nSPS) is 11.9. The van der Waals surface area contributed by atoms with Gasteiger partial charge in [0.2, 0.25) is 11.8 Å². The van der Waals surface area contributed by atoms with Crippen LogP contribution in [0.2, 0.25) is 0 Å². The molecule has 0 radical (unpaired) electrons. The maximum atomic E-state index is 14.6. The monoisotopic (exact) mass is 627 g/mol. The molecule has 0 saturated heterocycles. The van der Waals surface area contributed by atoms with Crippen molar-refractivity contribution in [1.29, 1.82) is 0 Å². The average Bonchev–Trinajstić information content (AvgIpc) is 3.04. The quantitative estimate of drug-likeness (QED) is 0.196. The highest BCUT2D eigenvalue weighted by Crippen LogP contribution is 2.32. The molecule has 0 aliphatic carbocycles. The fraction of sp³-hybridized carbons (Fsp3) is 0.278. The second-order valence-corrected chi connectivity index (χ2v) is 13.2. The number of hydrogen-bond acceptors (Lipinski definition) is 5. The number of rotatable bonds is 14. The summed E-state index contributed by atoms with van der Waals surface area (Å²) in [6, 6.07) is 31.0. The van der Waals surface area contributed by atoms with E-state index in [4.69, 9.17) is 4.74 Å². The van der Waals surface area contributed by atoms with Crippen LogP contribution in [0.4, 0.5) is 5.69 Å². The van der Waals surface area contributed by atoms with E-state index in [9.17, 15) is 18.0 Å². The molecule has 4 rings (SSSR count). The van der Waals surface area contributed by atoms with E-state index in [2.05, 4.69) is 5.32 Å². The lowest BCUT2D eigenvalue weighted by molar-refractivity contribution is -0.140. The number of sulfonamides is 1. The van der Waals surface area contributed by atoms with Crippen LogP contribution in [0, 0.1) is 12.8 Å². The maximum Gasteiger partial charge on any atom is 0.264 e. The molecule has 4 aromatic rings. The number of methoxy groups -OCH3 is 1. The number of carbonyl (C=O) groups excluding carboxylic acids is 2. The molecule has 1 atom stereocenters. The Morgan fingerprint density at radius 1 is 0.822 bits per heavy atom. The Morgan fingerprint density at radius 2 is 1.44 bits per heavy atom. The minimum absolute atomic E-state index is 0.0319. The van der Waals surface area contributed by atoms with Crippen LogP contribution in [0.1, 0.15) is 30.5 Å². The Bertz CT molecular complexity index is 1680. The van der Waals surface area contributed by atoms with E-state index in [1.807, 2.05) is 75.4 Å². The summed E-state index contributed by atoms with van der Waals surface area (Å²) >= 11 is 0. The first-order chi connectivity index (χ1) is 21.6. The van der Waals surface area contributed by atoms with Crippen LogP contribution in [0.25, 0.3) is 0 Å². The third-order valence-electron chi connectivity index (χ3n) is 7.35. The van der Waals surface area contributed by atoms with Crippen molar-refractivity contribution in [2.45, 2.75) is 44.7 Å². The van der Waals surface area contributed by atoms with Crippen molar-refractivity contribution in [2.75, 3.05) is 24.5 Å². The van der Waals surface area contributed by atoms with Crippen molar-refractivity contribution in [2.24, 2.45) is 5.92 Å². The summed E-state index contributed by atoms with van der Waals surface area (Å²) in [5, 5.41) is 3.01. The third kappa shape index (κ3) is 8.73. The van der Waals surface area contributed by atoms with Crippen LogP contribution in [-0.4, -0.2) is 51.4 Å². The van der Waals surface area contributed by atoms with Gasteiger partial charge in [0.05, 0.1) is 17.7 Å². The Kier molecular flexibility index (Phi) is 11.4. The van der Waals surface area contributed by atoms with Crippen molar-refractivity contribution in [1.82, 2.24) is 10.2 Å². The van der Waals surface area contributed by atoms with Gasteiger partial charge >= 0.3 is 0 Å². The third-order valence-corrected chi connectivity index (χ3v) is 9.13. The molecule has 0 aliphatic heterocycles. The summed E-state index contributed by atoms with van der Waals surface area (Å²) in [7, 11) is -2.76. The first-order valence-electron chi connectivity index (χ1n) is 15.0. The number of benzene rings is 4. The average molecular weight is 628 g/mol. The number of nitrogens with zero attached hydrogens (tertiary/aromatic N) is 2. The molecule has 2 amide bonds. The van der Waals surface area contributed by atoms with Crippen molar-refractivity contribution in [3.63, 3.8) is 0 Å². The standard InChI is InChI=1S/C36H41N3O5S/c1-27(2)24-37-36(41)33(23-29-15-7-5-8-16-29)38(25-30-17-13-14-28(3)22-30)35(40)26-39(32-20-11-12-21-34(32)44-4)45(42,43)31-18-9-6-10-19-31/h5-22,27,33H,23-26H2,1-4H3,(H,37,41)/t33-/m1/s1. The van der Waals surface area contributed by atoms with Gasteiger partial charge in [-0.1, -0.05) is 104 Å². The molecule has 236 valence electrons. The van der Waals surface area contributed by atoms with E-state index in [1.165, 1.54) is 24.1 Å². The lowest BCUT2D eigenvalue weighted by Gasteiger charge is -2.34. The van der Waals surface area contributed by atoms with Gasteiger partial charge in [0.15, 0.2) is 0 Å². The predicted molar refractivity (Wildman–Crippen MR) is 177 cm³/mol. The minimum Gasteiger partial charge on any atom is -0.495 e. The van der Waals surface area contributed by atoms with E-state index in [0.717, 1.165) is 21.0 Å². The molecule has 0 heterocycles. The molecular formula is C36H41N3O5S. The van der Waals surface area contributed by atoms with E-state index in [-0.39, 0.29) is 35.4 Å². The lowest BCUT2D eigenvalue weighted by atomic mass is 10.0. The highest BCUT2D eigenvalue weighted by molar-refractivity contribution is 7.92. The van der Waals surface area contributed by atoms with Crippen molar-refractivity contribution in [3.8, 4) is 5.75 Å². The molecule has 0 saturated carbocycles. The second-order valence-electron chi connectivity index (χ2n) is 11.4. The van der Waals surface area contributed by atoms with Gasteiger partial charge < -0.3 is 15.0 Å². The largest absolute Gasteiger partial charge is 0.495 e. The zero-order valence-electron chi connectivity index (χ0n) is 26.2. The first-order valence-corrected chi connectivity index (χ1v) is 16.4. The predicted octanol–water partition coefficient (Wildman–Crippen LogP) is 5.61. The highest BCUT2D eigenvalue weighted by atomic mass is 32.2. The van der Waals surface area contributed by atoms with Crippen LogP contribution in [0.15, 0.2) is 114 Å². The molecular weight excluding hydrogens is 586 g/mol. The van der Waals surface area contributed by atoms with Crippen LogP contribution in [-0.2, 0) is 32.6 Å². The van der Waals surface area contributed by atoms with Gasteiger partial charge in [0.25, 0.3) is 10.0 Å². The molecule has 0 unspecified atom stereocenters. The molecule has 8 nitrogen and oxygen atoms in total. The molecule has 0 spiro atoms. The van der Waals surface area contributed by atoms with E-state index < -0.39 is 28.5 Å². The van der Waals surface area contributed by atoms with E-state index in [0.29, 0.717) is 12.3 Å². The smallest absolute Gasteiger partial charge is 0.264 e. The zero-order valence-corrected chi connectivity index (χ0v) is 27.0. The van der Waals surface area contributed by atoms with Crippen LogP contribution in [0.5, 0.6) is 5.75 Å². The number of hydrogen-bond donors (Lipinski definition) is 1. The summed E-state index contributed by atoms with van der Waals surface area (Å²) in [4.78, 5) is 30.0. The molecule has 9 heteroatoms. The summed E-state index contributed by atoms with van der Waals surface area (Å²) in [5.41, 5.74) is 2.93. The lowest BCUT2D eigenvalue weighted by Crippen LogP contribution is -2.53. The van der Waals surface area contributed by atoms with Gasteiger partial charge in [-0.15, -0.1) is 0 Å². The number of para-hydroxylation sites is 2. The molecule has 1 N–H and O–H groups in total. The fourth-order valence-electron chi connectivity index (χ4n) is 5.05. The zero-order chi connectivity index (χ0) is 32.4. The molecule has 45 heavy (non-hydrogen) atoms. The Hall–Kier alpha value is -4.63.